The van der Waals surface area contributed by atoms with E-state index in [0.717, 1.165) is 31.1 Å². The third kappa shape index (κ3) is 6.83. The molecule has 1 aliphatic rings. The standard InChI is InChI=1S/C18H32N4O3S2/c1-14(2)17(22-11-9-21(4)10-12-22)13-20-27(24,25)18-6-5-16(26-18)7-8-19-15(3)23/h5-6,14,17,20H,7-13H2,1-4H3,(H,19,23). The predicted molar refractivity (Wildman–Crippen MR) is 110 cm³/mol. The Labute approximate surface area is 167 Å². The summed E-state index contributed by atoms with van der Waals surface area (Å²) in [5.41, 5.74) is 0. The largest absolute Gasteiger partial charge is 0.356 e. The van der Waals surface area contributed by atoms with Crippen molar-refractivity contribution in [2.75, 3.05) is 46.3 Å². The zero-order valence-corrected chi connectivity index (χ0v) is 18.3. The number of piperazine rings is 1. The highest BCUT2D eigenvalue weighted by Crippen LogP contribution is 2.22. The highest BCUT2D eigenvalue weighted by molar-refractivity contribution is 7.91. The number of nitrogens with one attached hydrogen (secondary N) is 2. The predicted octanol–water partition coefficient (Wildman–Crippen LogP) is 0.977. The Kier molecular flexibility index (Phi) is 8.23. The van der Waals surface area contributed by atoms with E-state index in [1.54, 1.807) is 6.07 Å². The molecule has 1 unspecified atom stereocenters. The van der Waals surface area contributed by atoms with Crippen LogP contribution in [-0.4, -0.2) is 76.5 Å². The van der Waals surface area contributed by atoms with E-state index in [1.807, 2.05) is 6.07 Å². The van der Waals surface area contributed by atoms with Crippen LogP contribution < -0.4 is 10.0 Å². The molecule has 1 saturated heterocycles. The van der Waals surface area contributed by atoms with Crippen molar-refractivity contribution in [2.24, 2.45) is 5.92 Å². The normalized spacial score (nSPS) is 18.0. The minimum atomic E-state index is -3.51. The van der Waals surface area contributed by atoms with E-state index in [-0.39, 0.29) is 11.9 Å². The quantitative estimate of drug-likeness (QED) is 0.627. The van der Waals surface area contributed by atoms with Gasteiger partial charge in [0.15, 0.2) is 0 Å². The van der Waals surface area contributed by atoms with Crippen molar-refractivity contribution < 1.29 is 13.2 Å². The van der Waals surface area contributed by atoms with E-state index >= 15 is 0 Å². The second kappa shape index (κ2) is 9.97. The topological polar surface area (TPSA) is 81.7 Å². The minimum absolute atomic E-state index is 0.0790. The molecule has 0 aromatic carbocycles. The fourth-order valence-corrected chi connectivity index (χ4v) is 5.66. The van der Waals surface area contributed by atoms with Crippen LogP contribution in [0.4, 0.5) is 0 Å². The van der Waals surface area contributed by atoms with Gasteiger partial charge in [-0.25, -0.2) is 13.1 Å². The van der Waals surface area contributed by atoms with Gasteiger partial charge < -0.3 is 10.2 Å². The highest BCUT2D eigenvalue weighted by Gasteiger charge is 2.27. The van der Waals surface area contributed by atoms with E-state index in [0.29, 0.717) is 29.6 Å². The Hall–Kier alpha value is -1.00. The molecule has 1 aromatic heterocycles. The summed E-state index contributed by atoms with van der Waals surface area (Å²) in [5, 5.41) is 2.73. The summed E-state index contributed by atoms with van der Waals surface area (Å²) in [6.45, 7) is 10.6. The number of carbonyl (C=O) groups is 1. The van der Waals surface area contributed by atoms with Crippen molar-refractivity contribution in [2.45, 2.75) is 37.4 Å². The lowest BCUT2D eigenvalue weighted by atomic mass is 10.0. The number of hydrogen-bond donors (Lipinski definition) is 2. The molecular weight excluding hydrogens is 384 g/mol. The van der Waals surface area contributed by atoms with Gasteiger partial charge in [-0.15, -0.1) is 11.3 Å². The first-order chi connectivity index (χ1) is 12.7. The Balaban J connectivity index is 1.94. The maximum Gasteiger partial charge on any atom is 0.250 e. The Morgan fingerprint density at radius 3 is 2.48 bits per heavy atom. The summed E-state index contributed by atoms with van der Waals surface area (Å²) < 4.78 is 28.5. The number of rotatable bonds is 9. The second-order valence-corrected chi connectivity index (χ2v) is 10.6. The van der Waals surface area contributed by atoms with Crippen LogP contribution in [0.3, 0.4) is 0 Å². The molecule has 0 spiro atoms. The molecule has 1 aromatic rings. The molecule has 1 amide bonds. The number of carbonyl (C=O) groups excluding carboxylic acids is 1. The van der Waals surface area contributed by atoms with Crippen molar-refractivity contribution in [3.8, 4) is 0 Å². The van der Waals surface area contributed by atoms with E-state index in [2.05, 4.69) is 40.7 Å². The molecule has 7 nitrogen and oxygen atoms in total. The van der Waals surface area contributed by atoms with E-state index in [9.17, 15) is 13.2 Å². The molecule has 0 radical (unpaired) electrons. The Bertz CT molecular complexity index is 710. The van der Waals surface area contributed by atoms with Crippen LogP contribution in [0.5, 0.6) is 0 Å². The smallest absolute Gasteiger partial charge is 0.250 e. The van der Waals surface area contributed by atoms with Gasteiger partial charge >= 0.3 is 0 Å². The van der Waals surface area contributed by atoms with Crippen LogP contribution >= 0.6 is 11.3 Å². The Morgan fingerprint density at radius 1 is 1.22 bits per heavy atom. The van der Waals surface area contributed by atoms with Gasteiger partial charge in [-0.1, -0.05) is 13.8 Å². The fourth-order valence-electron chi connectivity index (χ4n) is 3.20. The molecule has 2 heterocycles. The summed E-state index contributed by atoms with van der Waals surface area (Å²) in [5.74, 6) is 0.289. The average molecular weight is 417 g/mol. The van der Waals surface area contributed by atoms with Gasteiger partial charge in [0.2, 0.25) is 15.9 Å². The molecule has 0 bridgehead atoms. The molecule has 2 rings (SSSR count). The summed E-state index contributed by atoms with van der Waals surface area (Å²) in [6, 6.07) is 3.66. The number of hydrogen-bond acceptors (Lipinski definition) is 6. The maximum absolute atomic E-state index is 12.7. The van der Waals surface area contributed by atoms with Crippen LogP contribution in [0.15, 0.2) is 16.3 Å². The lowest BCUT2D eigenvalue weighted by molar-refractivity contribution is -0.118. The number of likely N-dealkylation sites (N-methyl/N-ethyl adjacent to an activating group) is 1. The van der Waals surface area contributed by atoms with Crippen LogP contribution in [-0.2, 0) is 21.2 Å². The van der Waals surface area contributed by atoms with Crippen molar-refractivity contribution in [3.63, 3.8) is 0 Å². The lowest BCUT2D eigenvalue weighted by Crippen LogP contribution is -2.54. The number of amides is 1. The molecule has 0 aliphatic carbocycles. The third-order valence-electron chi connectivity index (χ3n) is 4.91. The molecule has 1 atom stereocenters. The molecule has 2 N–H and O–H groups in total. The molecule has 9 heteroatoms. The number of thiophene rings is 1. The van der Waals surface area contributed by atoms with E-state index in [1.165, 1.54) is 18.3 Å². The number of sulfonamides is 1. The van der Waals surface area contributed by atoms with Gasteiger partial charge in [0.25, 0.3) is 0 Å². The van der Waals surface area contributed by atoms with Gasteiger partial charge in [0, 0.05) is 57.1 Å². The Morgan fingerprint density at radius 2 is 1.89 bits per heavy atom. The molecule has 27 heavy (non-hydrogen) atoms. The number of nitrogens with zero attached hydrogens (tertiary/aromatic N) is 2. The summed E-state index contributed by atoms with van der Waals surface area (Å²) >= 11 is 1.27. The van der Waals surface area contributed by atoms with Gasteiger partial charge in [-0.2, -0.15) is 0 Å². The van der Waals surface area contributed by atoms with Gasteiger partial charge in [-0.05, 0) is 31.5 Å². The van der Waals surface area contributed by atoms with Crippen LogP contribution in [0.2, 0.25) is 0 Å². The minimum Gasteiger partial charge on any atom is -0.356 e. The monoisotopic (exact) mass is 416 g/mol. The van der Waals surface area contributed by atoms with Crippen LogP contribution in [0, 0.1) is 5.92 Å². The van der Waals surface area contributed by atoms with Crippen molar-refractivity contribution in [3.05, 3.63) is 17.0 Å². The zero-order valence-electron chi connectivity index (χ0n) is 16.7. The molecule has 0 saturated carbocycles. The summed E-state index contributed by atoms with van der Waals surface area (Å²) in [4.78, 5) is 16.6. The van der Waals surface area contributed by atoms with Gasteiger partial charge in [0.1, 0.15) is 4.21 Å². The van der Waals surface area contributed by atoms with Crippen LogP contribution in [0.1, 0.15) is 25.6 Å². The zero-order chi connectivity index (χ0) is 20.0. The summed E-state index contributed by atoms with van der Waals surface area (Å²) in [7, 11) is -1.40. The van der Waals surface area contributed by atoms with Crippen molar-refractivity contribution >= 4 is 27.3 Å². The summed E-state index contributed by atoms with van der Waals surface area (Å²) in [6.07, 6.45) is 0.635. The van der Waals surface area contributed by atoms with Crippen LogP contribution in [0.25, 0.3) is 0 Å². The fraction of sp³-hybridized carbons (Fsp3) is 0.722. The molecule has 1 fully saturated rings. The first kappa shape index (κ1) is 22.3. The second-order valence-electron chi connectivity index (χ2n) is 7.46. The molecule has 1 aliphatic heterocycles. The van der Waals surface area contributed by atoms with E-state index < -0.39 is 10.0 Å². The first-order valence-corrected chi connectivity index (χ1v) is 11.7. The van der Waals surface area contributed by atoms with Gasteiger partial charge in [-0.3, -0.25) is 9.69 Å². The molecular formula is C18H32N4O3S2. The molecule has 154 valence electrons. The van der Waals surface area contributed by atoms with Crippen molar-refractivity contribution in [1.82, 2.24) is 19.8 Å². The SMILES string of the molecule is CC(=O)NCCc1ccc(S(=O)(=O)NCC(C(C)C)N2CCN(C)CC2)s1. The highest BCUT2D eigenvalue weighted by atomic mass is 32.2. The maximum atomic E-state index is 12.7. The average Bonchev–Trinajstić information content (AvgIpc) is 3.06. The van der Waals surface area contributed by atoms with E-state index in [4.69, 9.17) is 0 Å². The van der Waals surface area contributed by atoms with Gasteiger partial charge in [0.05, 0.1) is 0 Å². The van der Waals surface area contributed by atoms with Crippen molar-refractivity contribution in [1.29, 1.82) is 0 Å². The third-order valence-corrected chi connectivity index (χ3v) is 7.97. The first-order valence-electron chi connectivity index (χ1n) is 9.44. The lowest BCUT2D eigenvalue weighted by Gasteiger charge is -2.39.